The fraction of sp³-hybridized carbons (Fsp3) is 0.375. The highest BCUT2D eigenvalue weighted by Crippen LogP contribution is 2.36. The van der Waals surface area contributed by atoms with Crippen molar-refractivity contribution in [2.45, 2.75) is 32.9 Å². The van der Waals surface area contributed by atoms with Gasteiger partial charge in [0.25, 0.3) is 0 Å². The Kier molecular flexibility index (Phi) is 4.90. The summed E-state index contributed by atoms with van der Waals surface area (Å²) in [4.78, 5) is 4.76. The van der Waals surface area contributed by atoms with Gasteiger partial charge >= 0.3 is 0 Å². The van der Waals surface area contributed by atoms with E-state index in [0.717, 1.165) is 38.5 Å². The summed E-state index contributed by atoms with van der Waals surface area (Å²) in [7, 11) is 0. The number of pyridine rings is 1. The minimum absolute atomic E-state index is 0.105. The van der Waals surface area contributed by atoms with Crippen molar-refractivity contribution >= 4 is 33.1 Å². The first-order valence-electron chi connectivity index (χ1n) is 10.3. The number of aromatic nitrogens is 2. The van der Waals surface area contributed by atoms with Crippen LogP contribution >= 0.6 is 11.3 Å². The minimum atomic E-state index is 0.105. The molecule has 150 valence electrons. The van der Waals surface area contributed by atoms with E-state index < -0.39 is 0 Å². The highest BCUT2D eigenvalue weighted by Gasteiger charge is 2.37. The van der Waals surface area contributed by atoms with Crippen molar-refractivity contribution in [3.63, 3.8) is 0 Å². The summed E-state index contributed by atoms with van der Waals surface area (Å²) in [5.41, 5.74) is 4.86. The van der Waals surface area contributed by atoms with Crippen molar-refractivity contribution in [1.29, 1.82) is 0 Å². The van der Waals surface area contributed by atoms with E-state index in [0.29, 0.717) is 0 Å². The standard InChI is InChI=1S/C24H26N2O2S/c1-3-24(14-27-15-24)16-28-17(2)12-26-21-7-5-4-6-19(21)20-8-10-25-22(23(20)26)18-9-11-29-13-18/h4-11,13,17H,3,12,14-16H2,1-2H3. The Bertz CT molecular complexity index is 1120. The van der Waals surface area contributed by atoms with E-state index in [1.54, 1.807) is 11.3 Å². The van der Waals surface area contributed by atoms with Crippen LogP contribution in [0.5, 0.6) is 0 Å². The van der Waals surface area contributed by atoms with Crippen LogP contribution in [0.3, 0.4) is 0 Å². The Balaban J connectivity index is 1.54. The van der Waals surface area contributed by atoms with Gasteiger partial charge in [-0.05, 0) is 36.9 Å². The normalized spacial score (nSPS) is 16.9. The molecule has 1 unspecified atom stereocenters. The van der Waals surface area contributed by atoms with Crippen LogP contribution in [0.2, 0.25) is 0 Å². The van der Waals surface area contributed by atoms with Crippen LogP contribution in [0.25, 0.3) is 33.1 Å². The summed E-state index contributed by atoms with van der Waals surface area (Å²) in [6.07, 6.45) is 3.13. The highest BCUT2D eigenvalue weighted by atomic mass is 32.1. The Morgan fingerprint density at radius 1 is 1.21 bits per heavy atom. The molecule has 0 amide bonds. The number of nitrogens with zero attached hydrogens (tertiary/aromatic N) is 2. The number of ether oxygens (including phenoxy) is 2. The van der Waals surface area contributed by atoms with Gasteiger partial charge in [-0.1, -0.05) is 25.1 Å². The van der Waals surface area contributed by atoms with Gasteiger partial charge < -0.3 is 14.0 Å². The second-order valence-electron chi connectivity index (χ2n) is 8.16. The van der Waals surface area contributed by atoms with Gasteiger partial charge in [0.1, 0.15) is 0 Å². The topological polar surface area (TPSA) is 36.3 Å². The Morgan fingerprint density at radius 2 is 2.07 bits per heavy atom. The van der Waals surface area contributed by atoms with E-state index in [1.165, 1.54) is 27.4 Å². The molecule has 0 bridgehead atoms. The van der Waals surface area contributed by atoms with E-state index >= 15 is 0 Å². The first kappa shape index (κ1) is 18.8. The van der Waals surface area contributed by atoms with Gasteiger partial charge in [-0.2, -0.15) is 11.3 Å². The van der Waals surface area contributed by atoms with E-state index in [1.807, 2.05) is 6.20 Å². The fourth-order valence-corrected chi connectivity index (χ4v) is 4.85. The van der Waals surface area contributed by atoms with Crippen LogP contribution in [0, 0.1) is 5.41 Å². The number of thiophene rings is 1. The molecule has 0 radical (unpaired) electrons. The van der Waals surface area contributed by atoms with Crippen LogP contribution < -0.4 is 0 Å². The Labute approximate surface area is 175 Å². The quantitative estimate of drug-likeness (QED) is 0.392. The molecule has 0 N–H and O–H groups in total. The predicted octanol–water partition coefficient (Wildman–Crippen LogP) is 5.75. The van der Waals surface area contributed by atoms with Gasteiger partial charge in [-0.15, -0.1) is 0 Å². The number of rotatable bonds is 7. The zero-order valence-corrected chi connectivity index (χ0v) is 17.7. The molecule has 4 heterocycles. The SMILES string of the molecule is CCC1(COC(C)Cn2c3ccccc3c3ccnc(-c4ccsc4)c32)COC1. The molecule has 4 nitrogen and oxygen atoms in total. The molecule has 0 spiro atoms. The molecule has 29 heavy (non-hydrogen) atoms. The second-order valence-corrected chi connectivity index (χ2v) is 8.94. The highest BCUT2D eigenvalue weighted by molar-refractivity contribution is 7.08. The Hall–Kier alpha value is -2.21. The van der Waals surface area contributed by atoms with E-state index in [-0.39, 0.29) is 11.5 Å². The summed E-state index contributed by atoms with van der Waals surface area (Å²) in [5, 5.41) is 6.80. The van der Waals surface area contributed by atoms with Crippen LogP contribution in [-0.4, -0.2) is 35.5 Å². The van der Waals surface area contributed by atoms with Gasteiger partial charge in [0, 0.05) is 45.4 Å². The monoisotopic (exact) mass is 406 g/mol. The van der Waals surface area contributed by atoms with Crippen molar-refractivity contribution in [3.05, 3.63) is 53.4 Å². The minimum Gasteiger partial charge on any atom is -0.380 e. The maximum atomic E-state index is 6.32. The van der Waals surface area contributed by atoms with Gasteiger partial charge in [0.2, 0.25) is 0 Å². The molecule has 1 fully saturated rings. The van der Waals surface area contributed by atoms with E-state index in [9.17, 15) is 0 Å². The van der Waals surface area contributed by atoms with E-state index in [2.05, 4.69) is 65.6 Å². The maximum Gasteiger partial charge on any atom is 0.0953 e. The summed E-state index contributed by atoms with van der Waals surface area (Å²) in [5.74, 6) is 0. The second kappa shape index (κ2) is 7.56. The number of benzene rings is 1. The van der Waals surface area contributed by atoms with E-state index in [4.69, 9.17) is 14.5 Å². The third kappa shape index (κ3) is 3.27. The molecule has 0 saturated carbocycles. The van der Waals surface area contributed by atoms with Crippen LogP contribution in [0.4, 0.5) is 0 Å². The van der Waals surface area contributed by atoms with Crippen LogP contribution in [0.15, 0.2) is 53.4 Å². The molecule has 1 aromatic carbocycles. The number of para-hydroxylation sites is 1. The van der Waals surface area contributed by atoms with Gasteiger partial charge in [-0.3, -0.25) is 4.98 Å². The molecular weight excluding hydrogens is 380 g/mol. The lowest BCUT2D eigenvalue weighted by atomic mass is 9.84. The summed E-state index contributed by atoms with van der Waals surface area (Å²) in [6.45, 7) is 7.59. The zero-order chi connectivity index (χ0) is 19.8. The third-order valence-corrected chi connectivity index (χ3v) is 6.84. The lowest BCUT2D eigenvalue weighted by Gasteiger charge is -2.41. The molecule has 5 heteroatoms. The Morgan fingerprint density at radius 3 is 2.79 bits per heavy atom. The van der Waals surface area contributed by atoms with Crippen molar-refractivity contribution in [2.75, 3.05) is 19.8 Å². The summed E-state index contributed by atoms with van der Waals surface area (Å²) >= 11 is 1.71. The van der Waals surface area contributed by atoms with Crippen molar-refractivity contribution in [1.82, 2.24) is 9.55 Å². The smallest absolute Gasteiger partial charge is 0.0953 e. The predicted molar refractivity (Wildman–Crippen MR) is 120 cm³/mol. The van der Waals surface area contributed by atoms with Gasteiger partial charge in [0.05, 0.1) is 37.1 Å². The van der Waals surface area contributed by atoms with Crippen molar-refractivity contribution in [2.24, 2.45) is 5.41 Å². The molecule has 1 aliphatic rings. The van der Waals surface area contributed by atoms with Crippen LogP contribution in [0.1, 0.15) is 20.3 Å². The molecule has 4 aromatic rings. The van der Waals surface area contributed by atoms with Crippen molar-refractivity contribution in [3.8, 4) is 11.3 Å². The number of hydrogen-bond acceptors (Lipinski definition) is 4. The van der Waals surface area contributed by atoms with Gasteiger partial charge in [-0.25, -0.2) is 0 Å². The average molecular weight is 407 g/mol. The molecule has 1 atom stereocenters. The lowest BCUT2D eigenvalue weighted by Crippen LogP contribution is -2.46. The molecule has 1 aliphatic heterocycles. The molecule has 5 rings (SSSR count). The third-order valence-electron chi connectivity index (χ3n) is 6.15. The number of fused-ring (bicyclic) bond motifs is 3. The first-order valence-corrected chi connectivity index (χ1v) is 11.2. The van der Waals surface area contributed by atoms with Crippen LogP contribution in [-0.2, 0) is 16.0 Å². The molecular formula is C24H26N2O2S. The first-order chi connectivity index (χ1) is 14.2. The summed E-state index contributed by atoms with van der Waals surface area (Å²) in [6, 6.07) is 12.9. The number of hydrogen-bond donors (Lipinski definition) is 0. The maximum absolute atomic E-state index is 6.32. The molecule has 0 aliphatic carbocycles. The van der Waals surface area contributed by atoms with Gasteiger partial charge in [0.15, 0.2) is 0 Å². The summed E-state index contributed by atoms with van der Waals surface area (Å²) < 4.78 is 14.2. The molecule has 1 saturated heterocycles. The lowest BCUT2D eigenvalue weighted by molar-refractivity contribution is -0.159. The van der Waals surface area contributed by atoms with Crippen molar-refractivity contribution < 1.29 is 9.47 Å². The largest absolute Gasteiger partial charge is 0.380 e. The average Bonchev–Trinajstić information content (AvgIpc) is 3.35. The zero-order valence-electron chi connectivity index (χ0n) is 16.9. The molecule has 3 aromatic heterocycles. The fourth-order valence-electron chi connectivity index (χ4n) is 4.21.